The molecule has 164 valence electrons. The first-order chi connectivity index (χ1) is 13.9. The van der Waals surface area contributed by atoms with E-state index in [0.29, 0.717) is 19.6 Å². The van der Waals surface area contributed by atoms with Crippen molar-refractivity contribution in [3.8, 4) is 0 Å². The Balaban J connectivity index is 1.83. The predicted octanol–water partition coefficient (Wildman–Crippen LogP) is 6.16. The molecule has 1 amide bonds. The van der Waals surface area contributed by atoms with E-state index < -0.39 is 5.60 Å². The molecule has 1 aromatic carbocycles. The van der Waals surface area contributed by atoms with Crippen LogP contribution in [0.1, 0.15) is 90.5 Å². The van der Waals surface area contributed by atoms with Gasteiger partial charge in [0.15, 0.2) is 0 Å². The summed E-state index contributed by atoms with van der Waals surface area (Å²) in [4.78, 5) is 23.2. The molecule has 5 nitrogen and oxygen atoms in total. The average Bonchev–Trinajstić information content (AvgIpc) is 2.66. The van der Waals surface area contributed by atoms with E-state index in [-0.39, 0.29) is 12.1 Å². The lowest BCUT2D eigenvalue weighted by molar-refractivity contribution is -0.145. The van der Waals surface area contributed by atoms with E-state index in [4.69, 9.17) is 9.47 Å². The number of nitrogens with one attached hydrogen (secondary N) is 1. The van der Waals surface area contributed by atoms with Crippen molar-refractivity contribution >= 4 is 12.1 Å². The second-order valence-electron chi connectivity index (χ2n) is 8.51. The fourth-order valence-electron chi connectivity index (χ4n) is 2.95. The molecule has 1 aromatic rings. The Kier molecular flexibility index (Phi) is 12.8. The van der Waals surface area contributed by atoms with Crippen LogP contribution in [-0.4, -0.2) is 24.2 Å². The SMILES string of the molecule is CC(C)(C)OC(=O)NCCCCCCCCCCCC(=O)OCc1ccccc1. The van der Waals surface area contributed by atoms with Crippen molar-refractivity contribution < 1.29 is 19.1 Å². The molecule has 5 heteroatoms. The quantitative estimate of drug-likeness (QED) is 0.297. The van der Waals surface area contributed by atoms with Crippen molar-refractivity contribution in [1.29, 1.82) is 0 Å². The van der Waals surface area contributed by atoms with Gasteiger partial charge in [-0.25, -0.2) is 4.79 Å². The Morgan fingerprint density at radius 2 is 1.38 bits per heavy atom. The van der Waals surface area contributed by atoms with Crippen LogP contribution in [0.25, 0.3) is 0 Å². The van der Waals surface area contributed by atoms with Crippen LogP contribution >= 0.6 is 0 Å². The van der Waals surface area contributed by atoms with Gasteiger partial charge in [0, 0.05) is 13.0 Å². The normalized spacial score (nSPS) is 11.1. The summed E-state index contributed by atoms with van der Waals surface area (Å²) in [5, 5.41) is 2.79. The lowest BCUT2D eigenvalue weighted by Crippen LogP contribution is -2.32. The Labute approximate surface area is 176 Å². The van der Waals surface area contributed by atoms with E-state index in [2.05, 4.69) is 5.32 Å². The van der Waals surface area contributed by atoms with Crippen molar-refractivity contribution in [2.45, 2.75) is 97.2 Å². The van der Waals surface area contributed by atoms with E-state index in [1.165, 1.54) is 32.1 Å². The number of carbonyl (C=O) groups excluding carboxylic acids is 2. The zero-order valence-electron chi connectivity index (χ0n) is 18.5. The third-order valence-corrected chi connectivity index (χ3v) is 4.47. The van der Waals surface area contributed by atoms with E-state index in [0.717, 1.165) is 31.2 Å². The molecule has 0 radical (unpaired) electrons. The van der Waals surface area contributed by atoms with Gasteiger partial charge in [0.25, 0.3) is 0 Å². The summed E-state index contributed by atoms with van der Waals surface area (Å²) < 4.78 is 10.5. The zero-order valence-corrected chi connectivity index (χ0v) is 18.5. The van der Waals surface area contributed by atoms with Gasteiger partial charge in [-0.05, 0) is 39.2 Å². The van der Waals surface area contributed by atoms with Gasteiger partial charge in [0.05, 0.1) is 0 Å². The van der Waals surface area contributed by atoms with Gasteiger partial charge in [0.1, 0.15) is 12.2 Å². The molecule has 0 saturated carbocycles. The molecule has 0 heterocycles. The second kappa shape index (κ2) is 14.9. The Morgan fingerprint density at radius 1 is 0.828 bits per heavy atom. The summed E-state index contributed by atoms with van der Waals surface area (Å²) in [5.74, 6) is -0.103. The van der Waals surface area contributed by atoms with Crippen molar-refractivity contribution in [2.75, 3.05) is 6.54 Å². The van der Waals surface area contributed by atoms with E-state index in [9.17, 15) is 9.59 Å². The molecule has 0 aliphatic carbocycles. The second-order valence-corrected chi connectivity index (χ2v) is 8.51. The van der Waals surface area contributed by atoms with Crippen LogP contribution in [0.5, 0.6) is 0 Å². The number of hydrogen-bond donors (Lipinski definition) is 1. The third kappa shape index (κ3) is 15.5. The van der Waals surface area contributed by atoms with Gasteiger partial charge < -0.3 is 14.8 Å². The van der Waals surface area contributed by atoms with Crippen molar-refractivity contribution in [1.82, 2.24) is 5.32 Å². The summed E-state index contributed by atoms with van der Waals surface area (Å²) in [5.41, 5.74) is 0.591. The number of hydrogen-bond acceptors (Lipinski definition) is 4. The number of carbonyl (C=O) groups is 2. The first-order valence-electron chi connectivity index (χ1n) is 11.0. The smallest absolute Gasteiger partial charge is 0.407 e. The molecule has 0 aliphatic heterocycles. The van der Waals surface area contributed by atoms with Gasteiger partial charge >= 0.3 is 12.1 Å². The highest BCUT2D eigenvalue weighted by Gasteiger charge is 2.15. The van der Waals surface area contributed by atoms with Crippen molar-refractivity contribution in [2.24, 2.45) is 0 Å². The molecule has 1 rings (SSSR count). The number of ether oxygens (including phenoxy) is 2. The summed E-state index contributed by atoms with van der Waals surface area (Å²) in [7, 11) is 0. The third-order valence-electron chi connectivity index (χ3n) is 4.47. The standard InChI is InChI=1S/C24H39NO4/c1-24(2,3)29-23(27)25-19-15-10-8-6-4-5-7-9-14-18-22(26)28-20-21-16-12-11-13-17-21/h11-13,16-17H,4-10,14-15,18-20H2,1-3H3,(H,25,27). The average molecular weight is 406 g/mol. The van der Waals surface area contributed by atoms with E-state index >= 15 is 0 Å². The number of alkyl carbamates (subject to hydrolysis) is 1. The molecule has 0 aliphatic rings. The molecule has 0 unspecified atom stereocenters. The summed E-state index contributed by atoms with van der Waals surface area (Å²) in [6.07, 6.45) is 10.3. The summed E-state index contributed by atoms with van der Waals surface area (Å²) in [6, 6.07) is 9.78. The maximum absolute atomic E-state index is 11.7. The molecule has 0 bridgehead atoms. The van der Waals surface area contributed by atoms with E-state index in [1.54, 1.807) is 0 Å². The lowest BCUT2D eigenvalue weighted by atomic mass is 10.1. The van der Waals surface area contributed by atoms with Crippen LogP contribution < -0.4 is 5.32 Å². The minimum atomic E-state index is -0.438. The Morgan fingerprint density at radius 3 is 1.97 bits per heavy atom. The molecular weight excluding hydrogens is 366 g/mol. The molecule has 0 saturated heterocycles. The van der Waals surface area contributed by atoms with Crippen LogP contribution in [0.4, 0.5) is 4.79 Å². The summed E-state index contributed by atoms with van der Waals surface area (Å²) >= 11 is 0. The van der Waals surface area contributed by atoms with Gasteiger partial charge in [-0.15, -0.1) is 0 Å². The molecule has 29 heavy (non-hydrogen) atoms. The Hall–Kier alpha value is -2.04. The molecule has 0 aromatic heterocycles. The Bertz CT molecular complexity index is 566. The van der Waals surface area contributed by atoms with Crippen LogP contribution in [0.2, 0.25) is 0 Å². The molecule has 0 fully saturated rings. The lowest BCUT2D eigenvalue weighted by Gasteiger charge is -2.19. The number of esters is 1. The van der Waals surface area contributed by atoms with Crippen molar-refractivity contribution in [3.05, 3.63) is 35.9 Å². The predicted molar refractivity (Wildman–Crippen MR) is 117 cm³/mol. The van der Waals surface area contributed by atoms with Crippen LogP contribution in [0, 0.1) is 0 Å². The molecule has 1 N–H and O–H groups in total. The van der Waals surface area contributed by atoms with Crippen LogP contribution in [-0.2, 0) is 20.9 Å². The highest BCUT2D eigenvalue weighted by Crippen LogP contribution is 2.11. The van der Waals surface area contributed by atoms with E-state index in [1.807, 2.05) is 51.1 Å². The highest BCUT2D eigenvalue weighted by molar-refractivity contribution is 5.69. The topological polar surface area (TPSA) is 64.6 Å². The van der Waals surface area contributed by atoms with Gasteiger partial charge in [0.2, 0.25) is 0 Å². The minimum absolute atomic E-state index is 0.103. The van der Waals surface area contributed by atoms with Gasteiger partial charge in [-0.3, -0.25) is 4.79 Å². The molecular formula is C24H39NO4. The number of benzene rings is 1. The number of amides is 1. The maximum atomic E-state index is 11.7. The van der Waals surface area contributed by atoms with Crippen molar-refractivity contribution in [3.63, 3.8) is 0 Å². The molecule has 0 atom stereocenters. The highest BCUT2D eigenvalue weighted by atomic mass is 16.6. The van der Waals surface area contributed by atoms with Gasteiger partial charge in [-0.2, -0.15) is 0 Å². The molecule has 0 spiro atoms. The fourth-order valence-corrected chi connectivity index (χ4v) is 2.95. The number of rotatable bonds is 14. The first kappa shape index (κ1) is 25.0. The monoisotopic (exact) mass is 405 g/mol. The largest absolute Gasteiger partial charge is 0.461 e. The maximum Gasteiger partial charge on any atom is 0.407 e. The number of unbranched alkanes of at least 4 members (excludes halogenated alkanes) is 8. The van der Waals surface area contributed by atoms with Crippen LogP contribution in [0.3, 0.4) is 0 Å². The van der Waals surface area contributed by atoms with Gasteiger partial charge in [-0.1, -0.05) is 75.3 Å². The fraction of sp³-hybridized carbons (Fsp3) is 0.667. The minimum Gasteiger partial charge on any atom is -0.461 e. The van der Waals surface area contributed by atoms with Crippen LogP contribution in [0.15, 0.2) is 30.3 Å². The first-order valence-corrected chi connectivity index (χ1v) is 11.0. The zero-order chi connectivity index (χ0) is 21.4. The summed E-state index contributed by atoms with van der Waals surface area (Å²) in [6.45, 7) is 6.64.